The van der Waals surface area contributed by atoms with Gasteiger partial charge in [0.15, 0.2) is 5.84 Å². The van der Waals surface area contributed by atoms with Gasteiger partial charge in [-0.05, 0) is 12.5 Å². The molecule has 1 aromatic rings. The first kappa shape index (κ1) is 7.72. The fourth-order valence-electron chi connectivity index (χ4n) is 0.906. The van der Waals surface area contributed by atoms with Gasteiger partial charge in [0.25, 0.3) is 0 Å². The summed E-state index contributed by atoms with van der Waals surface area (Å²) in [5.41, 5.74) is 6.84. The van der Waals surface area contributed by atoms with Crippen LogP contribution in [0.3, 0.4) is 0 Å². The Morgan fingerprint density at radius 1 is 1.45 bits per heavy atom. The van der Waals surface area contributed by atoms with Crippen LogP contribution in [0.4, 0.5) is 4.48 Å². The first-order valence-electron chi connectivity index (χ1n) is 3.26. The molecule has 0 aliphatic heterocycles. The van der Waals surface area contributed by atoms with Gasteiger partial charge in [-0.1, -0.05) is 34.0 Å². The third-order valence-corrected chi connectivity index (χ3v) is 1.51. The van der Waals surface area contributed by atoms with Gasteiger partial charge in [0.1, 0.15) is 0 Å². The molecule has 0 saturated carbocycles. The topological polar surface area (TPSA) is 38.4 Å². The SMILES string of the molecule is Cc1ccccc1C(N)=NF. The van der Waals surface area contributed by atoms with Crippen LogP contribution in [0.15, 0.2) is 29.5 Å². The Balaban J connectivity index is 3.14. The van der Waals surface area contributed by atoms with Gasteiger partial charge in [0, 0.05) is 5.56 Å². The van der Waals surface area contributed by atoms with Crippen LogP contribution >= 0.6 is 0 Å². The first-order valence-corrected chi connectivity index (χ1v) is 3.26. The minimum Gasteiger partial charge on any atom is -0.381 e. The maximum Gasteiger partial charge on any atom is 0.164 e. The quantitative estimate of drug-likeness (QED) is 0.481. The monoisotopic (exact) mass is 152 g/mol. The molecular formula is C8H9FN2. The Hall–Kier alpha value is -1.38. The number of benzene rings is 1. The van der Waals surface area contributed by atoms with Gasteiger partial charge in [0.2, 0.25) is 0 Å². The van der Waals surface area contributed by atoms with Crippen LogP contribution in [0.25, 0.3) is 0 Å². The van der Waals surface area contributed by atoms with Gasteiger partial charge in [-0.2, -0.15) is 0 Å². The fourth-order valence-corrected chi connectivity index (χ4v) is 0.906. The molecule has 0 aliphatic carbocycles. The highest BCUT2D eigenvalue weighted by atomic mass is 19.2. The van der Waals surface area contributed by atoms with E-state index in [2.05, 4.69) is 5.21 Å². The maximum absolute atomic E-state index is 11.7. The Morgan fingerprint density at radius 3 is 2.64 bits per heavy atom. The van der Waals surface area contributed by atoms with Crippen LogP contribution in [0.1, 0.15) is 11.1 Å². The van der Waals surface area contributed by atoms with Crippen LogP contribution in [0, 0.1) is 6.92 Å². The maximum atomic E-state index is 11.7. The number of halogens is 1. The summed E-state index contributed by atoms with van der Waals surface area (Å²) in [7, 11) is 0. The average molecular weight is 152 g/mol. The molecule has 0 amide bonds. The van der Waals surface area contributed by atoms with Gasteiger partial charge in [-0.25, -0.2) is 0 Å². The lowest BCUT2D eigenvalue weighted by molar-refractivity contribution is 0.536. The van der Waals surface area contributed by atoms with Crippen LogP contribution in [-0.4, -0.2) is 5.84 Å². The van der Waals surface area contributed by atoms with Gasteiger partial charge in [0.05, 0.1) is 0 Å². The molecule has 3 heteroatoms. The summed E-state index contributed by atoms with van der Waals surface area (Å²) in [6.07, 6.45) is 0. The zero-order valence-corrected chi connectivity index (χ0v) is 6.21. The lowest BCUT2D eigenvalue weighted by Crippen LogP contribution is -2.13. The van der Waals surface area contributed by atoms with Gasteiger partial charge in [-0.3, -0.25) is 0 Å². The summed E-state index contributed by atoms with van der Waals surface area (Å²) in [4.78, 5) is 0. The van der Waals surface area contributed by atoms with E-state index in [1.165, 1.54) is 0 Å². The molecular weight excluding hydrogens is 143 g/mol. The molecule has 0 bridgehead atoms. The second-order valence-corrected chi connectivity index (χ2v) is 2.28. The van der Waals surface area contributed by atoms with Crippen molar-refractivity contribution in [2.24, 2.45) is 10.9 Å². The number of nitrogens with two attached hydrogens (primary N) is 1. The number of nitrogens with zero attached hydrogens (tertiary/aromatic N) is 1. The lowest BCUT2D eigenvalue weighted by Gasteiger charge is -2.00. The zero-order valence-electron chi connectivity index (χ0n) is 6.21. The van der Waals surface area contributed by atoms with E-state index >= 15 is 0 Å². The fraction of sp³-hybridized carbons (Fsp3) is 0.125. The van der Waals surface area contributed by atoms with E-state index < -0.39 is 0 Å². The van der Waals surface area contributed by atoms with Crippen LogP contribution in [0.2, 0.25) is 0 Å². The summed E-state index contributed by atoms with van der Waals surface area (Å²) in [5, 5.41) is 2.41. The van der Waals surface area contributed by atoms with Gasteiger partial charge < -0.3 is 5.73 Å². The van der Waals surface area contributed by atoms with E-state index in [4.69, 9.17) is 5.73 Å². The third-order valence-electron chi connectivity index (χ3n) is 1.51. The Morgan fingerprint density at radius 2 is 2.09 bits per heavy atom. The Bertz CT molecular complexity index is 281. The van der Waals surface area contributed by atoms with Crippen molar-refractivity contribution in [3.63, 3.8) is 0 Å². The molecule has 0 heterocycles. The number of aryl methyl sites for hydroxylation is 1. The molecule has 0 radical (unpaired) electrons. The number of rotatable bonds is 1. The molecule has 2 nitrogen and oxygen atoms in total. The minimum absolute atomic E-state index is 0.0666. The van der Waals surface area contributed by atoms with Crippen LogP contribution in [0.5, 0.6) is 0 Å². The highest BCUT2D eigenvalue weighted by Crippen LogP contribution is 2.05. The van der Waals surface area contributed by atoms with Crippen LogP contribution < -0.4 is 5.73 Å². The van der Waals surface area contributed by atoms with Crippen molar-refractivity contribution < 1.29 is 4.48 Å². The van der Waals surface area contributed by atoms with E-state index in [1.54, 1.807) is 12.1 Å². The Kier molecular flexibility index (Phi) is 2.21. The van der Waals surface area contributed by atoms with E-state index in [9.17, 15) is 4.48 Å². The van der Waals surface area contributed by atoms with E-state index in [-0.39, 0.29) is 5.84 Å². The summed E-state index contributed by atoms with van der Waals surface area (Å²) < 4.78 is 11.7. The molecule has 1 aromatic carbocycles. The van der Waals surface area contributed by atoms with E-state index in [0.29, 0.717) is 5.56 Å². The standard InChI is InChI=1S/C8H9FN2/c1-6-4-2-3-5-7(6)8(10)11-9/h2-5H,1H3,(H2,10,11). The third kappa shape index (κ3) is 1.55. The van der Waals surface area contributed by atoms with Crippen molar-refractivity contribution in [2.75, 3.05) is 0 Å². The molecule has 0 atom stereocenters. The highest BCUT2D eigenvalue weighted by Gasteiger charge is 2.00. The van der Waals surface area contributed by atoms with Crippen molar-refractivity contribution in [1.82, 2.24) is 0 Å². The zero-order chi connectivity index (χ0) is 8.27. The van der Waals surface area contributed by atoms with Crippen molar-refractivity contribution in [3.8, 4) is 0 Å². The molecule has 1 rings (SSSR count). The molecule has 58 valence electrons. The largest absolute Gasteiger partial charge is 0.381 e. The molecule has 11 heavy (non-hydrogen) atoms. The second kappa shape index (κ2) is 3.14. The van der Waals surface area contributed by atoms with E-state index in [0.717, 1.165) is 5.56 Å². The summed E-state index contributed by atoms with van der Waals surface area (Å²) >= 11 is 0. The second-order valence-electron chi connectivity index (χ2n) is 2.28. The van der Waals surface area contributed by atoms with Crippen molar-refractivity contribution in [1.29, 1.82) is 0 Å². The smallest absolute Gasteiger partial charge is 0.164 e. The van der Waals surface area contributed by atoms with Crippen LogP contribution in [-0.2, 0) is 0 Å². The van der Waals surface area contributed by atoms with E-state index in [1.807, 2.05) is 19.1 Å². The minimum atomic E-state index is -0.0666. The molecule has 0 aliphatic rings. The number of hydrogen-bond donors (Lipinski definition) is 1. The summed E-state index contributed by atoms with van der Waals surface area (Å²) in [6.45, 7) is 1.85. The Labute approximate surface area is 64.5 Å². The summed E-state index contributed by atoms with van der Waals surface area (Å²) in [5.74, 6) is -0.0666. The first-order chi connectivity index (χ1) is 5.25. The normalized spacial score (nSPS) is 11.6. The predicted octanol–water partition coefficient (Wildman–Crippen LogP) is 1.58. The highest BCUT2D eigenvalue weighted by molar-refractivity contribution is 5.98. The average Bonchev–Trinajstić information content (AvgIpc) is 2.04. The molecule has 0 unspecified atom stereocenters. The van der Waals surface area contributed by atoms with Crippen molar-refractivity contribution in [3.05, 3.63) is 35.4 Å². The number of amidine groups is 1. The molecule has 0 saturated heterocycles. The summed E-state index contributed by atoms with van der Waals surface area (Å²) in [6, 6.07) is 7.24. The molecule has 0 aromatic heterocycles. The molecule has 0 spiro atoms. The van der Waals surface area contributed by atoms with Crippen molar-refractivity contribution >= 4 is 5.84 Å². The van der Waals surface area contributed by atoms with Gasteiger partial charge in [-0.15, -0.1) is 0 Å². The number of hydrogen-bond acceptors (Lipinski definition) is 1. The van der Waals surface area contributed by atoms with Crippen molar-refractivity contribution in [2.45, 2.75) is 6.92 Å². The van der Waals surface area contributed by atoms with Gasteiger partial charge >= 0.3 is 0 Å². The lowest BCUT2D eigenvalue weighted by atomic mass is 10.1. The molecule has 0 fully saturated rings. The predicted molar refractivity (Wildman–Crippen MR) is 43.0 cm³/mol. The molecule has 2 N–H and O–H groups in total.